The van der Waals surface area contributed by atoms with Crippen molar-refractivity contribution in [3.8, 4) is 17.6 Å². The van der Waals surface area contributed by atoms with E-state index in [0.29, 0.717) is 11.3 Å². The van der Waals surface area contributed by atoms with E-state index < -0.39 is 0 Å². The van der Waals surface area contributed by atoms with Crippen LogP contribution in [-0.4, -0.2) is 27.7 Å². The molecule has 106 valence electrons. The van der Waals surface area contributed by atoms with E-state index in [0.717, 1.165) is 5.56 Å². The van der Waals surface area contributed by atoms with Crippen LogP contribution in [0.3, 0.4) is 0 Å². The van der Waals surface area contributed by atoms with Crippen LogP contribution in [0.4, 0.5) is 5.69 Å². The second-order valence-electron chi connectivity index (χ2n) is 4.43. The second-order valence-corrected chi connectivity index (χ2v) is 4.43. The van der Waals surface area contributed by atoms with Crippen molar-refractivity contribution < 1.29 is 15.0 Å². The van der Waals surface area contributed by atoms with Crippen LogP contribution >= 0.6 is 0 Å². The molecule has 1 amide bonds. The van der Waals surface area contributed by atoms with Gasteiger partial charge in [0.1, 0.15) is 12.4 Å². The van der Waals surface area contributed by atoms with E-state index in [1.165, 1.54) is 18.5 Å². The van der Waals surface area contributed by atoms with Crippen molar-refractivity contribution in [2.45, 2.75) is 6.92 Å². The fraction of sp³-hybridized carbons (Fsp3) is 0.125. The molecular weight excluding hydrogens is 268 g/mol. The standard InChI is InChI=1S/C16H14N2O3/c1-11-5-12(3-2-4-19)7-14(6-11)18-16(21)13-8-15(20)10-17-9-13/h5-10,19-20H,4H2,1H3,(H,18,21). The number of aromatic hydroxyl groups is 1. The molecule has 5 heteroatoms. The molecule has 0 spiro atoms. The molecule has 1 aromatic heterocycles. The number of aliphatic hydroxyl groups is 1. The lowest BCUT2D eigenvalue weighted by Crippen LogP contribution is -2.12. The van der Waals surface area contributed by atoms with Crippen LogP contribution in [0.25, 0.3) is 0 Å². The number of pyridine rings is 1. The summed E-state index contributed by atoms with van der Waals surface area (Å²) >= 11 is 0. The van der Waals surface area contributed by atoms with E-state index in [-0.39, 0.29) is 23.8 Å². The number of nitrogens with zero attached hydrogens (tertiary/aromatic N) is 1. The lowest BCUT2D eigenvalue weighted by Gasteiger charge is -2.07. The summed E-state index contributed by atoms with van der Waals surface area (Å²) in [5.74, 6) is 4.92. The molecule has 5 nitrogen and oxygen atoms in total. The smallest absolute Gasteiger partial charge is 0.257 e. The van der Waals surface area contributed by atoms with Crippen LogP contribution in [0.1, 0.15) is 21.5 Å². The highest BCUT2D eigenvalue weighted by atomic mass is 16.3. The Bertz CT molecular complexity index is 730. The largest absolute Gasteiger partial charge is 0.506 e. The number of carbonyl (C=O) groups excluding carboxylic acids is 1. The molecular formula is C16H14N2O3. The quantitative estimate of drug-likeness (QED) is 0.732. The predicted octanol–water partition coefficient (Wildman–Crippen LogP) is 1.69. The van der Waals surface area contributed by atoms with Gasteiger partial charge in [0.2, 0.25) is 0 Å². The zero-order chi connectivity index (χ0) is 15.2. The van der Waals surface area contributed by atoms with Gasteiger partial charge >= 0.3 is 0 Å². The van der Waals surface area contributed by atoms with Crippen molar-refractivity contribution in [3.63, 3.8) is 0 Å². The van der Waals surface area contributed by atoms with E-state index in [9.17, 15) is 9.90 Å². The molecule has 21 heavy (non-hydrogen) atoms. The first kappa shape index (κ1) is 14.6. The summed E-state index contributed by atoms with van der Waals surface area (Å²) in [6.07, 6.45) is 2.63. The van der Waals surface area contributed by atoms with E-state index in [1.807, 2.05) is 13.0 Å². The third kappa shape index (κ3) is 4.06. The molecule has 0 saturated heterocycles. The molecule has 0 atom stereocenters. The summed E-state index contributed by atoms with van der Waals surface area (Å²) in [6.45, 7) is 1.67. The maximum atomic E-state index is 12.1. The number of carbonyl (C=O) groups is 1. The van der Waals surface area contributed by atoms with Gasteiger partial charge in [-0.2, -0.15) is 0 Å². The van der Waals surface area contributed by atoms with Gasteiger partial charge in [0.05, 0.1) is 11.8 Å². The number of amides is 1. The van der Waals surface area contributed by atoms with Crippen molar-refractivity contribution in [1.82, 2.24) is 4.98 Å². The summed E-state index contributed by atoms with van der Waals surface area (Å²) in [4.78, 5) is 15.8. The fourth-order valence-corrected chi connectivity index (χ4v) is 1.82. The molecule has 1 aromatic carbocycles. The number of anilines is 1. The predicted molar refractivity (Wildman–Crippen MR) is 79.0 cm³/mol. The Kier molecular flexibility index (Phi) is 4.54. The fourth-order valence-electron chi connectivity index (χ4n) is 1.82. The van der Waals surface area contributed by atoms with Crippen molar-refractivity contribution in [2.24, 2.45) is 0 Å². The first-order valence-corrected chi connectivity index (χ1v) is 6.25. The second kappa shape index (κ2) is 6.55. The highest BCUT2D eigenvalue weighted by molar-refractivity contribution is 6.04. The molecule has 0 saturated carbocycles. The highest BCUT2D eigenvalue weighted by Gasteiger charge is 2.08. The summed E-state index contributed by atoms with van der Waals surface area (Å²) < 4.78 is 0. The van der Waals surface area contributed by atoms with E-state index in [4.69, 9.17) is 5.11 Å². The SMILES string of the molecule is Cc1cc(C#CCO)cc(NC(=O)c2cncc(O)c2)c1. The maximum Gasteiger partial charge on any atom is 0.257 e. The van der Waals surface area contributed by atoms with Crippen LogP contribution in [0.5, 0.6) is 5.75 Å². The maximum absolute atomic E-state index is 12.1. The van der Waals surface area contributed by atoms with E-state index in [2.05, 4.69) is 22.1 Å². The number of hydrogen-bond donors (Lipinski definition) is 3. The summed E-state index contributed by atoms with van der Waals surface area (Å²) in [5.41, 5.74) is 2.49. The third-order valence-electron chi connectivity index (χ3n) is 2.63. The molecule has 1 heterocycles. The number of aromatic nitrogens is 1. The minimum atomic E-state index is -0.370. The Morgan fingerprint density at radius 2 is 2.10 bits per heavy atom. The van der Waals surface area contributed by atoms with Crippen molar-refractivity contribution >= 4 is 11.6 Å². The van der Waals surface area contributed by atoms with Gasteiger partial charge in [0, 0.05) is 17.4 Å². The highest BCUT2D eigenvalue weighted by Crippen LogP contribution is 2.16. The molecule has 0 unspecified atom stereocenters. The zero-order valence-corrected chi connectivity index (χ0v) is 11.4. The van der Waals surface area contributed by atoms with Crippen LogP contribution in [-0.2, 0) is 0 Å². The van der Waals surface area contributed by atoms with Gasteiger partial charge in [-0.25, -0.2) is 0 Å². The van der Waals surface area contributed by atoms with Crippen LogP contribution < -0.4 is 5.32 Å². The molecule has 0 fully saturated rings. The first-order valence-electron chi connectivity index (χ1n) is 6.25. The number of benzene rings is 1. The zero-order valence-electron chi connectivity index (χ0n) is 11.4. The Balaban J connectivity index is 2.23. The van der Waals surface area contributed by atoms with Crippen LogP contribution in [0, 0.1) is 18.8 Å². The van der Waals surface area contributed by atoms with Gasteiger partial charge in [0.25, 0.3) is 5.91 Å². The van der Waals surface area contributed by atoms with Crippen molar-refractivity contribution in [3.05, 3.63) is 53.3 Å². The lowest BCUT2D eigenvalue weighted by molar-refractivity contribution is 0.102. The van der Waals surface area contributed by atoms with Crippen LogP contribution in [0.2, 0.25) is 0 Å². The molecule has 0 radical (unpaired) electrons. The topological polar surface area (TPSA) is 82.5 Å². The third-order valence-corrected chi connectivity index (χ3v) is 2.63. The summed E-state index contributed by atoms with van der Waals surface area (Å²) in [7, 11) is 0. The van der Waals surface area contributed by atoms with Gasteiger partial charge in [-0.15, -0.1) is 0 Å². The number of aliphatic hydroxyl groups excluding tert-OH is 1. The monoisotopic (exact) mass is 282 g/mol. The van der Waals surface area contributed by atoms with Gasteiger partial charge in [-0.05, 0) is 36.8 Å². The Morgan fingerprint density at radius 3 is 2.81 bits per heavy atom. The van der Waals surface area contributed by atoms with E-state index >= 15 is 0 Å². The number of rotatable bonds is 2. The normalized spacial score (nSPS) is 9.62. The van der Waals surface area contributed by atoms with Crippen molar-refractivity contribution in [2.75, 3.05) is 11.9 Å². The molecule has 2 aromatic rings. The number of aryl methyl sites for hydroxylation is 1. The van der Waals surface area contributed by atoms with Crippen LogP contribution in [0.15, 0.2) is 36.7 Å². The summed E-state index contributed by atoms with van der Waals surface area (Å²) in [5, 5.41) is 20.8. The van der Waals surface area contributed by atoms with Gasteiger partial charge in [-0.1, -0.05) is 11.8 Å². The molecule has 0 aliphatic rings. The molecule has 0 aliphatic carbocycles. The lowest BCUT2D eigenvalue weighted by atomic mass is 10.1. The Labute approximate surface area is 122 Å². The molecule has 0 aliphatic heterocycles. The number of hydrogen-bond acceptors (Lipinski definition) is 4. The summed E-state index contributed by atoms with van der Waals surface area (Å²) in [6, 6.07) is 6.71. The van der Waals surface area contributed by atoms with Gasteiger partial charge in [-0.3, -0.25) is 9.78 Å². The van der Waals surface area contributed by atoms with Gasteiger partial charge in [0.15, 0.2) is 0 Å². The minimum Gasteiger partial charge on any atom is -0.506 e. The van der Waals surface area contributed by atoms with Crippen molar-refractivity contribution in [1.29, 1.82) is 0 Å². The minimum absolute atomic E-state index is 0.0682. The number of nitrogens with one attached hydrogen (secondary N) is 1. The Hall–Kier alpha value is -2.84. The Morgan fingerprint density at radius 1 is 1.29 bits per heavy atom. The average molecular weight is 282 g/mol. The molecule has 3 N–H and O–H groups in total. The first-order chi connectivity index (χ1) is 10.1. The average Bonchev–Trinajstić information content (AvgIpc) is 2.44. The van der Waals surface area contributed by atoms with E-state index in [1.54, 1.807) is 12.1 Å². The molecule has 0 bridgehead atoms. The van der Waals surface area contributed by atoms with Gasteiger partial charge < -0.3 is 15.5 Å². The molecule has 2 rings (SSSR count).